The summed E-state index contributed by atoms with van der Waals surface area (Å²) in [6.07, 6.45) is 6.20. The third kappa shape index (κ3) is 2.30. The number of rotatable bonds is 2. The predicted molar refractivity (Wildman–Crippen MR) is 89.5 cm³/mol. The van der Waals surface area contributed by atoms with E-state index in [0.29, 0.717) is 21.2 Å². The standard InChI is InChI=1S/C14H12BrClN6/c15-10-11(16)22-5-4-18-14(22)13(21-10)20-9-6-8-2-1-3-17-12(8)19-7-9/h1-5,9H,6-7H2,(H,17,19)(H,20,21). The van der Waals surface area contributed by atoms with E-state index < -0.39 is 0 Å². The van der Waals surface area contributed by atoms with E-state index in [1.165, 1.54) is 5.56 Å². The summed E-state index contributed by atoms with van der Waals surface area (Å²) in [6, 6.07) is 4.24. The van der Waals surface area contributed by atoms with Crippen molar-refractivity contribution >= 4 is 44.8 Å². The van der Waals surface area contributed by atoms with Crippen molar-refractivity contribution in [2.45, 2.75) is 12.5 Å². The van der Waals surface area contributed by atoms with Crippen LogP contribution >= 0.6 is 27.5 Å². The molecule has 0 radical (unpaired) electrons. The van der Waals surface area contributed by atoms with Crippen LogP contribution in [0.15, 0.2) is 35.3 Å². The van der Waals surface area contributed by atoms with Crippen molar-refractivity contribution in [3.63, 3.8) is 0 Å². The van der Waals surface area contributed by atoms with Gasteiger partial charge in [-0.15, -0.1) is 0 Å². The highest BCUT2D eigenvalue weighted by Crippen LogP contribution is 2.27. The first kappa shape index (κ1) is 13.8. The van der Waals surface area contributed by atoms with Crippen molar-refractivity contribution in [3.8, 4) is 0 Å². The highest BCUT2D eigenvalue weighted by atomic mass is 79.9. The maximum Gasteiger partial charge on any atom is 0.181 e. The molecular weight excluding hydrogens is 368 g/mol. The molecule has 6 nitrogen and oxygen atoms in total. The molecule has 1 atom stereocenters. The summed E-state index contributed by atoms with van der Waals surface area (Å²) in [5, 5.41) is 7.29. The minimum Gasteiger partial charge on any atom is -0.368 e. The van der Waals surface area contributed by atoms with E-state index in [1.807, 2.05) is 12.3 Å². The largest absolute Gasteiger partial charge is 0.368 e. The van der Waals surface area contributed by atoms with E-state index in [-0.39, 0.29) is 6.04 Å². The highest BCUT2D eigenvalue weighted by molar-refractivity contribution is 9.10. The van der Waals surface area contributed by atoms with Crippen molar-refractivity contribution < 1.29 is 0 Å². The van der Waals surface area contributed by atoms with E-state index in [9.17, 15) is 0 Å². The number of halogens is 2. The van der Waals surface area contributed by atoms with E-state index in [0.717, 1.165) is 18.8 Å². The maximum atomic E-state index is 6.21. The van der Waals surface area contributed by atoms with Crippen LogP contribution < -0.4 is 10.6 Å². The number of hydrogen-bond acceptors (Lipinski definition) is 5. The van der Waals surface area contributed by atoms with Gasteiger partial charge in [-0.25, -0.2) is 15.0 Å². The Balaban J connectivity index is 1.65. The Kier molecular flexibility index (Phi) is 3.38. The highest BCUT2D eigenvalue weighted by Gasteiger charge is 2.21. The van der Waals surface area contributed by atoms with Gasteiger partial charge in [0, 0.05) is 31.2 Å². The summed E-state index contributed by atoms with van der Waals surface area (Å²) in [7, 11) is 0. The summed E-state index contributed by atoms with van der Waals surface area (Å²) in [5.74, 6) is 1.66. The smallest absolute Gasteiger partial charge is 0.181 e. The number of pyridine rings is 1. The van der Waals surface area contributed by atoms with Gasteiger partial charge >= 0.3 is 0 Å². The summed E-state index contributed by atoms with van der Waals surface area (Å²) in [6.45, 7) is 0.777. The lowest BCUT2D eigenvalue weighted by Gasteiger charge is -2.26. The van der Waals surface area contributed by atoms with Crippen LogP contribution in [0.1, 0.15) is 5.56 Å². The second-order valence-corrected chi connectivity index (χ2v) is 6.21. The SMILES string of the molecule is Clc1c(Br)nc(NC2CNc3ncccc3C2)c2nccn12. The molecule has 0 fully saturated rings. The Morgan fingerprint density at radius 3 is 3.18 bits per heavy atom. The molecule has 22 heavy (non-hydrogen) atoms. The number of aromatic nitrogens is 4. The van der Waals surface area contributed by atoms with Gasteiger partial charge in [-0.05, 0) is 34.0 Å². The minimum absolute atomic E-state index is 0.206. The zero-order valence-corrected chi connectivity index (χ0v) is 13.8. The fraction of sp³-hybridized carbons (Fsp3) is 0.214. The summed E-state index contributed by atoms with van der Waals surface area (Å²) in [4.78, 5) is 13.1. The second kappa shape index (κ2) is 5.40. The van der Waals surface area contributed by atoms with Crippen LogP contribution in [-0.4, -0.2) is 31.9 Å². The van der Waals surface area contributed by atoms with Crippen molar-refractivity contribution in [2.75, 3.05) is 17.2 Å². The number of fused-ring (bicyclic) bond motifs is 2. The number of hydrogen-bond donors (Lipinski definition) is 2. The van der Waals surface area contributed by atoms with E-state index in [4.69, 9.17) is 11.6 Å². The lowest BCUT2D eigenvalue weighted by atomic mass is 10.0. The second-order valence-electron chi connectivity index (χ2n) is 5.10. The van der Waals surface area contributed by atoms with Crippen molar-refractivity contribution in [2.24, 2.45) is 0 Å². The fourth-order valence-corrected chi connectivity index (χ4v) is 3.19. The molecular formula is C14H12BrClN6. The topological polar surface area (TPSA) is 67.1 Å². The average Bonchev–Trinajstić information content (AvgIpc) is 3.02. The molecule has 4 heterocycles. The molecule has 0 spiro atoms. The van der Waals surface area contributed by atoms with Gasteiger partial charge in [0.1, 0.15) is 15.6 Å². The third-order valence-electron chi connectivity index (χ3n) is 3.66. The molecule has 1 aliphatic rings. The van der Waals surface area contributed by atoms with Crippen LogP contribution in [0.25, 0.3) is 5.65 Å². The van der Waals surface area contributed by atoms with Crippen molar-refractivity contribution in [1.82, 2.24) is 19.4 Å². The van der Waals surface area contributed by atoms with Crippen LogP contribution in [0.4, 0.5) is 11.6 Å². The van der Waals surface area contributed by atoms with Gasteiger partial charge in [0.2, 0.25) is 0 Å². The zero-order chi connectivity index (χ0) is 15.1. The van der Waals surface area contributed by atoms with E-state index in [1.54, 1.807) is 16.8 Å². The van der Waals surface area contributed by atoms with Crippen LogP contribution in [0.5, 0.6) is 0 Å². The molecule has 112 valence electrons. The molecule has 8 heteroatoms. The quantitative estimate of drug-likeness (QED) is 0.716. The van der Waals surface area contributed by atoms with Crippen molar-refractivity contribution in [1.29, 1.82) is 0 Å². The Morgan fingerprint density at radius 1 is 1.36 bits per heavy atom. The lowest BCUT2D eigenvalue weighted by molar-refractivity contribution is 0.713. The molecule has 2 N–H and O–H groups in total. The van der Waals surface area contributed by atoms with Crippen LogP contribution in [0.3, 0.4) is 0 Å². The first-order chi connectivity index (χ1) is 10.7. The van der Waals surface area contributed by atoms with Crippen LogP contribution in [-0.2, 0) is 6.42 Å². The maximum absolute atomic E-state index is 6.21. The van der Waals surface area contributed by atoms with Crippen molar-refractivity contribution in [3.05, 3.63) is 46.0 Å². The van der Waals surface area contributed by atoms with Gasteiger partial charge in [-0.2, -0.15) is 0 Å². The van der Waals surface area contributed by atoms with Gasteiger partial charge in [0.05, 0.1) is 0 Å². The van der Waals surface area contributed by atoms with Gasteiger partial charge in [0.15, 0.2) is 11.5 Å². The number of nitrogens with zero attached hydrogens (tertiary/aromatic N) is 4. The molecule has 0 saturated heterocycles. The lowest BCUT2D eigenvalue weighted by Crippen LogP contribution is -2.35. The normalized spacial score (nSPS) is 17.1. The molecule has 0 amide bonds. The number of nitrogens with one attached hydrogen (secondary N) is 2. The Morgan fingerprint density at radius 2 is 2.27 bits per heavy atom. The zero-order valence-electron chi connectivity index (χ0n) is 11.4. The Labute approximate surface area is 140 Å². The first-order valence-electron chi connectivity index (χ1n) is 6.85. The average molecular weight is 380 g/mol. The van der Waals surface area contributed by atoms with Gasteiger partial charge in [0.25, 0.3) is 0 Å². The number of anilines is 2. The molecule has 0 aliphatic carbocycles. The molecule has 3 aromatic heterocycles. The van der Waals surface area contributed by atoms with E-state index >= 15 is 0 Å². The molecule has 0 bridgehead atoms. The minimum atomic E-state index is 0.206. The predicted octanol–water partition coefficient (Wildman–Crippen LogP) is 2.99. The third-order valence-corrected chi connectivity index (χ3v) is 4.80. The molecule has 0 aromatic carbocycles. The Hall–Kier alpha value is -1.86. The van der Waals surface area contributed by atoms with Crippen LogP contribution in [0, 0.1) is 0 Å². The number of imidazole rings is 1. The Bertz CT molecular complexity index is 848. The summed E-state index contributed by atoms with van der Waals surface area (Å²) < 4.78 is 2.39. The van der Waals surface area contributed by atoms with E-state index in [2.05, 4.69) is 47.6 Å². The first-order valence-corrected chi connectivity index (χ1v) is 8.02. The molecule has 1 unspecified atom stereocenters. The molecule has 1 aliphatic heterocycles. The van der Waals surface area contributed by atoms with Gasteiger partial charge in [-0.1, -0.05) is 17.7 Å². The molecule has 0 saturated carbocycles. The van der Waals surface area contributed by atoms with Gasteiger partial charge in [-0.3, -0.25) is 4.40 Å². The monoisotopic (exact) mass is 378 g/mol. The molecule has 3 aromatic rings. The summed E-state index contributed by atoms with van der Waals surface area (Å²) >= 11 is 9.60. The fourth-order valence-electron chi connectivity index (χ4n) is 2.64. The van der Waals surface area contributed by atoms with Gasteiger partial charge < -0.3 is 10.6 Å². The van der Waals surface area contributed by atoms with Crippen LogP contribution in [0.2, 0.25) is 5.15 Å². The summed E-state index contributed by atoms with van der Waals surface area (Å²) in [5.41, 5.74) is 1.91. The molecule has 4 rings (SSSR count).